The minimum atomic E-state index is -0.498. The average Bonchev–Trinajstić information content (AvgIpc) is 2.04. The van der Waals surface area contributed by atoms with Crippen LogP contribution in [0.25, 0.3) is 0 Å². The van der Waals surface area contributed by atoms with E-state index in [9.17, 15) is 4.79 Å². The molecule has 12 heavy (non-hydrogen) atoms. The minimum Gasteiger partial charge on any atom is -0.298 e. The molecule has 1 atom stereocenters. The fourth-order valence-corrected chi connectivity index (χ4v) is 1.37. The Hall–Kier alpha value is -0.0900. The summed E-state index contributed by atoms with van der Waals surface area (Å²) in [5.74, 6) is -0.0159. The Bertz CT molecular complexity index is 281. The Labute approximate surface area is 90.3 Å². The van der Waals surface area contributed by atoms with Crippen molar-refractivity contribution in [2.45, 2.75) is 12.3 Å². The fraction of sp³-hybridized carbons (Fsp3) is 0.222. The summed E-state index contributed by atoms with van der Waals surface area (Å²) in [6.45, 7) is 1.50. The molecule has 0 aliphatic carbocycles. The van der Waals surface area contributed by atoms with Crippen molar-refractivity contribution in [3.8, 4) is 0 Å². The first-order valence-electron chi connectivity index (χ1n) is 3.51. The van der Waals surface area contributed by atoms with Gasteiger partial charge in [0.15, 0.2) is 5.78 Å². The van der Waals surface area contributed by atoms with Crippen LogP contribution in [0.4, 0.5) is 0 Å². The fourth-order valence-electron chi connectivity index (χ4n) is 0.866. The maximum Gasteiger partial charge on any atom is 0.152 e. The van der Waals surface area contributed by atoms with E-state index in [1.807, 2.05) is 24.3 Å². The summed E-state index contributed by atoms with van der Waals surface area (Å²) in [4.78, 5) is 10.9. The molecule has 1 aromatic rings. The van der Waals surface area contributed by atoms with Gasteiger partial charge in [-0.2, -0.15) is 0 Å². The molecule has 0 aromatic heterocycles. The number of carbonyl (C=O) groups is 1. The van der Waals surface area contributed by atoms with Crippen molar-refractivity contribution in [1.29, 1.82) is 0 Å². The predicted molar refractivity (Wildman–Crippen MR) is 58.4 cm³/mol. The van der Waals surface area contributed by atoms with Gasteiger partial charge >= 0.3 is 0 Å². The van der Waals surface area contributed by atoms with E-state index in [0.717, 1.165) is 9.13 Å². The molecule has 1 rings (SSSR count). The lowest BCUT2D eigenvalue weighted by Crippen LogP contribution is -2.00. The zero-order chi connectivity index (χ0) is 9.14. The monoisotopic (exact) mass is 294 g/mol. The second kappa shape index (κ2) is 4.23. The molecular weight excluding hydrogens is 286 g/mol. The first-order valence-corrected chi connectivity index (χ1v) is 5.03. The van der Waals surface area contributed by atoms with Crippen LogP contribution in [0.15, 0.2) is 24.3 Å². The molecule has 64 valence electrons. The average molecular weight is 295 g/mol. The smallest absolute Gasteiger partial charge is 0.152 e. The van der Waals surface area contributed by atoms with Gasteiger partial charge in [0.1, 0.15) is 5.38 Å². The van der Waals surface area contributed by atoms with E-state index in [4.69, 9.17) is 11.6 Å². The normalized spacial score (nSPS) is 12.6. The lowest BCUT2D eigenvalue weighted by molar-refractivity contribution is -0.116. The number of hydrogen-bond acceptors (Lipinski definition) is 1. The second-order valence-corrected chi connectivity index (χ2v) is 4.21. The van der Waals surface area contributed by atoms with Crippen molar-refractivity contribution in [3.05, 3.63) is 33.4 Å². The van der Waals surface area contributed by atoms with E-state index >= 15 is 0 Å². The molecule has 0 heterocycles. The predicted octanol–water partition coefficient (Wildman–Crippen LogP) is 3.16. The Balaban J connectivity index is 2.89. The zero-order valence-electron chi connectivity index (χ0n) is 6.55. The van der Waals surface area contributed by atoms with Crippen molar-refractivity contribution in [3.63, 3.8) is 0 Å². The third kappa shape index (κ3) is 2.45. The molecule has 0 spiro atoms. The molecule has 0 saturated carbocycles. The summed E-state index contributed by atoms with van der Waals surface area (Å²) < 4.78 is 1.14. The van der Waals surface area contributed by atoms with Gasteiger partial charge in [0.25, 0.3) is 0 Å². The minimum absolute atomic E-state index is 0.0159. The Morgan fingerprint density at radius 1 is 1.42 bits per heavy atom. The van der Waals surface area contributed by atoms with Crippen LogP contribution < -0.4 is 0 Å². The molecule has 0 N–H and O–H groups in total. The van der Waals surface area contributed by atoms with Crippen LogP contribution in [0, 0.1) is 3.57 Å². The molecule has 0 saturated heterocycles. The molecule has 0 fully saturated rings. The van der Waals surface area contributed by atoms with Gasteiger partial charge in [-0.3, -0.25) is 4.79 Å². The lowest BCUT2D eigenvalue weighted by Gasteiger charge is -2.04. The van der Waals surface area contributed by atoms with E-state index < -0.39 is 5.38 Å². The topological polar surface area (TPSA) is 17.1 Å². The number of ketones is 1. The van der Waals surface area contributed by atoms with E-state index in [1.165, 1.54) is 6.92 Å². The van der Waals surface area contributed by atoms with Crippen LogP contribution in [0.1, 0.15) is 17.9 Å². The van der Waals surface area contributed by atoms with Crippen molar-refractivity contribution < 1.29 is 4.79 Å². The summed E-state index contributed by atoms with van der Waals surface area (Å²) >= 11 is 8.05. The highest BCUT2D eigenvalue weighted by Gasteiger charge is 2.11. The Morgan fingerprint density at radius 2 is 1.92 bits per heavy atom. The molecule has 1 aromatic carbocycles. The molecule has 1 unspecified atom stereocenters. The summed E-state index contributed by atoms with van der Waals surface area (Å²) in [6.07, 6.45) is 0. The number of benzene rings is 1. The molecule has 1 nitrogen and oxygen atoms in total. The number of halogens is 2. The van der Waals surface area contributed by atoms with Crippen molar-refractivity contribution in [2.24, 2.45) is 0 Å². The van der Waals surface area contributed by atoms with Gasteiger partial charge in [-0.25, -0.2) is 0 Å². The van der Waals surface area contributed by atoms with E-state index in [0.29, 0.717) is 0 Å². The van der Waals surface area contributed by atoms with Crippen LogP contribution >= 0.6 is 34.2 Å². The van der Waals surface area contributed by atoms with Gasteiger partial charge in [0.05, 0.1) is 0 Å². The number of Topliss-reactive ketones (excluding diaryl/α,β-unsaturated/α-hetero) is 1. The molecule has 0 amide bonds. The largest absolute Gasteiger partial charge is 0.298 e. The van der Waals surface area contributed by atoms with E-state index in [1.54, 1.807) is 0 Å². The highest BCUT2D eigenvalue weighted by molar-refractivity contribution is 14.1. The summed E-state index contributed by atoms with van der Waals surface area (Å²) in [6, 6.07) is 7.63. The van der Waals surface area contributed by atoms with Crippen molar-refractivity contribution >= 4 is 40.0 Å². The van der Waals surface area contributed by atoms with E-state index in [-0.39, 0.29) is 5.78 Å². The van der Waals surface area contributed by atoms with Crippen LogP contribution in [-0.2, 0) is 4.79 Å². The highest BCUT2D eigenvalue weighted by atomic mass is 127. The Kier molecular flexibility index (Phi) is 3.53. The van der Waals surface area contributed by atoms with Gasteiger partial charge in [-0.15, -0.1) is 11.6 Å². The maximum absolute atomic E-state index is 10.9. The van der Waals surface area contributed by atoms with Gasteiger partial charge < -0.3 is 0 Å². The highest BCUT2D eigenvalue weighted by Crippen LogP contribution is 2.21. The Morgan fingerprint density at radius 3 is 2.33 bits per heavy atom. The van der Waals surface area contributed by atoms with Gasteiger partial charge in [-0.1, -0.05) is 12.1 Å². The number of carbonyl (C=O) groups excluding carboxylic acids is 1. The zero-order valence-corrected chi connectivity index (χ0v) is 9.46. The molecule has 0 bridgehead atoms. The number of hydrogen-bond donors (Lipinski definition) is 0. The summed E-state index contributed by atoms with van der Waals surface area (Å²) in [5.41, 5.74) is 0.865. The molecule has 0 aliphatic rings. The first-order chi connectivity index (χ1) is 5.61. The summed E-state index contributed by atoms with van der Waals surface area (Å²) in [7, 11) is 0. The van der Waals surface area contributed by atoms with Gasteiger partial charge in [0, 0.05) is 3.57 Å². The molecule has 0 radical (unpaired) electrons. The van der Waals surface area contributed by atoms with Crippen molar-refractivity contribution in [2.75, 3.05) is 0 Å². The standard InChI is InChI=1S/C9H8ClIO/c1-6(12)9(10)7-2-4-8(11)5-3-7/h2-5,9H,1H3. The van der Waals surface area contributed by atoms with Crippen molar-refractivity contribution in [1.82, 2.24) is 0 Å². The summed E-state index contributed by atoms with van der Waals surface area (Å²) in [5, 5.41) is -0.498. The quantitative estimate of drug-likeness (QED) is 0.605. The van der Waals surface area contributed by atoms with E-state index in [2.05, 4.69) is 22.6 Å². The molecule has 0 aliphatic heterocycles. The van der Waals surface area contributed by atoms with Gasteiger partial charge in [-0.05, 0) is 47.2 Å². The SMILES string of the molecule is CC(=O)C(Cl)c1ccc(I)cc1. The molecule has 3 heteroatoms. The van der Waals surface area contributed by atoms with Crippen LogP contribution in [0.2, 0.25) is 0 Å². The lowest BCUT2D eigenvalue weighted by atomic mass is 10.1. The van der Waals surface area contributed by atoms with Crippen LogP contribution in [0.5, 0.6) is 0 Å². The third-order valence-electron chi connectivity index (χ3n) is 1.52. The number of rotatable bonds is 2. The molecular formula is C9H8ClIO. The third-order valence-corrected chi connectivity index (χ3v) is 2.80. The maximum atomic E-state index is 10.9. The van der Waals surface area contributed by atoms with Crippen LogP contribution in [-0.4, -0.2) is 5.78 Å². The second-order valence-electron chi connectivity index (χ2n) is 2.52. The van der Waals surface area contributed by atoms with Crippen LogP contribution in [0.3, 0.4) is 0 Å². The van der Waals surface area contributed by atoms with Gasteiger partial charge in [0.2, 0.25) is 0 Å². The first kappa shape index (κ1) is 9.99. The number of alkyl halides is 1.